The first-order valence-electron chi connectivity index (χ1n) is 7.50. The maximum atomic E-state index is 12.0. The average Bonchev–Trinajstić information content (AvgIpc) is 3.27. The number of carbonyl (C=O) groups is 3. The highest BCUT2D eigenvalue weighted by Gasteiger charge is 2.24. The van der Waals surface area contributed by atoms with Crippen molar-refractivity contribution < 1.29 is 14.4 Å². The Kier molecular flexibility index (Phi) is 4.64. The van der Waals surface area contributed by atoms with Crippen LogP contribution in [0.4, 0.5) is 0 Å². The minimum absolute atomic E-state index is 0.00919. The summed E-state index contributed by atoms with van der Waals surface area (Å²) < 4.78 is 0. The van der Waals surface area contributed by atoms with Crippen LogP contribution in [0, 0.1) is 0 Å². The van der Waals surface area contributed by atoms with Crippen molar-refractivity contribution in [3.63, 3.8) is 0 Å². The molecule has 0 heterocycles. The van der Waals surface area contributed by atoms with E-state index in [0.717, 1.165) is 18.4 Å². The predicted molar refractivity (Wildman–Crippen MR) is 83.6 cm³/mol. The highest BCUT2D eigenvalue weighted by Crippen LogP contribution is 2.22. The second kappa shape index (κ2) is 6.30. The molecule has 0 unspecified atom stereocenters. The highest BCUT2D eigenvalue weighted by molar-refractivity contribution is 6.43. The van der Waals surface area contributed by atoms with Gasteiger partial charge < -0.3 is 10.6 Å². The first-order valence-corrected chi connectivity index (χ1v) is 7.50. The van der Waals surface area contributed by atoms with Crippen molar-refractivity contribution in [1.82, 2.24) is 10.6 Å². The molecule has 0 aliphatic heterocycles. The van der Waals surface area contributed by atoms with E-state index in [1.54, 1.807) is 12.1 Å². The summed E-state index contributed by atoms with van der Waals surface area (Å²) in [5, 5.41) is 5.11. The molecule has 1 saturated carbocycles. The standard InChI is InChI=1S/C17H22N2O3/c1-17(2,3)12-6-4-11(5-7-12)15(21)16(22)18-10-14(20)19-13-8-9-13/h4-7,13H,8-10H2,1-3H3,(H,18,22)(H,19,20). The van der Waals surface area contributed by atoms with Crippen LogP contribution in [0.25, 0.3) is 0 Å². The largest absolute Gasteiger partial charge is 0.352 e. The molecular weight excluding hydrogens is 280 g/mol. The van der Waals surface area contributed by atoms with Crippen molar-refractivity contribution in [2.24, 2.45) is 0 Å². The zero-order chi connectivity index (χ0) is 16.3. The third-order valence-electron chi connectivity index (χ3n) is 3.57. The van der Waals surface area contributed by atoms with Crippen LogP contribution in [0.15, 0.2) is 24.3 Å². The Morgan fingerprint density at radius 1 is 1.09 bits per heavy atom. The number of benzene rings is 1. The Hall–Kier alpha value is -2.17. The van der Waals surface area contributed by atoms with Crippen LogP contribution >= 0.6 is 0 Å². The van der Waals surface area contributed by atoms with Gasteiger partial charge in [-0.15, -0.1) is 0 Å². The SMILES string of the molecule is CC(C)(C)c1ccc(C(=O)C(=O)NCC(=O)NC2CC2)cc1. The number of ketones is 1. The quantitative estimate of drug-likeness (QED) is 0.640. The van der Waals surface area contributed by atoms with Crippen LogP contribution in [0.5, 0.6) is 0 Å². The third kappa shape index (κ3) is 4.41. The van der Waals surface area contributed by atoms with E-state index in [1.807, 2.05) is 12.1 Å². The topological polar surface area (TPSA) is 75.3 Å². The molecule has 0 spiro atoms. The molecule has 1 fully saturated rings. The van der Waals surface area contributed by atoms with E-state index in [2.05, 4.69) is 31.4 Å². The van der Waals surface area contributed by atoms with Crippen LogP contribution in [-0.2, 0) is 15.0 Å². The number of carbonyl (C=O) groups excluding carboxylic acids is 3. The lowest BCUT2D eigenvalue weighted by molar-refractivity contribution is -0.124. The lowest BCUT2D eigenvalue weighted by Gasteiger charge is -2.18. The summed E-state index contributed by atoms with van der Waals surface area (Å²) in [6.07, 6.45) is 1.97. The molecule has 1 aromatic carbocycles. The van der Waals surface area contributed by atoms with Gasteiger partial charge in [-0.2, -0.15) is 0 Å². The van der Waals surface area contributed by atoms with Crippen LogP contribution in [0.1, 0.15) is 49.5 Å². The molecule has 118 valence electrons. The number of amides is 2. The van der Waals surface area contributed by atoms with Crippen molar-refractivity contribution in [1.29, 1.82) is 0 Å². The summed E-state index contributed by atoms with van der Waals surface area (Å²) in [7, 11) is 0. The minimum atomic E-state index is -0.755. The van der Waals surface area contributed by atoms with E-state index < -0.39 is 11.7 Å². The fourth-order valence-electron chi connectivity index (χ4n) is 2.00. The Morgan fingerprint density at radius 2 is 1.68 bits per heavy atom. The van der Waals surface area contributed by atoms with Crippen molar-refractivity contribution in [3.8, 4) is 0 Å². The zero-order valence-corrected chi connectivity index (χ0v) is 13.2. The maximum absolute atomic E-state index is 12.0. The summed E-state index contributed by atoms with van der Waals surface area (Å²) in [5.74, 6) is -1.64. The van der Waals surface area contributed by atoms with Crippen molar-refractivity contribution in [2.45, 2.75) is 45.1 Å². The molecule has 0 saturated heterocycles. The van der Waals surface area contributed by atoms with Gasteiger partial charge >= 0.3 is 0 Å². The van der Waals surface area contributed by atoms with Gasteiger partial charge in [0.05, 0.1) is 6.54 Å². The number of hydrogen-bond acceptors (Lipinski definition) is 3. The highest BCUT2D eigenvalue weighted by atomic mass is 16.2. The van der Waals surface area contributed by atoms with Crippen LogP contribution in [0.2, 0.25) is 0 Å². The Bertz CT molecular complexity index is 581. The normalized spacial score (nSPS) is 14.3. The number of nitrogens with one attached hydrogen (secondary N) is 2. The van der Waals surface area contributed by atoms with Gasteiger partial charge in [0.1, 0.15) is 0 Å². The van der Waals surface area contributed by atoms with Gasteiger partial charge in [0.2, 0.25) is 11.7 Å². The van der Waals surface area contributed by atoms with E-state index in [1.165, 1.54) is 0 Å². The maximum Gasteiger partial charge on any atom is 0.292 e. The van der Waals surface area contributed by atoms with Gasteiger partial charge in [-0.25, -0.2) is 0 Å². The summed E-state index contributed by atoms with van der Waals surface area (Å²) in [6, 6.07) is 7.23. The van der Waals surface area contributed by atoms with Crippen molar-refractivity contribution >= 4 is 17.6 Å². The van der Waals surface area contributed by atoms with Crippen molar-refractivity contribution in [3.05, 3.63) is 35.4 Å². The number of hydrogen-bond donors (Lipinski definition) is 2. The predicted octanol–water partition coefficient (Wildman–Crippen LogP) is 1.56. The average molecular weight is 302 g/mol. The Morgan fingerprint density at radius 3 is 2.18 bits per heavy atom. The molecule has 0 atom stereocenters. The zero-order valence-electron chi connectivity index (χ0n) is 13.2. The molecule has 2 amide bonds. The van der Waals surface area contributed by atoms with Gasteiger partial charge in [0, 0.05) is 11.6 Å². The second-order valence-corrected chi connectivity index (χ2v) is 6.68. The Labute approximate surface area is 130 Å². The van der Waals surface area contributed by atoms with E-state index in [-0.39, 0.29) is 23.9 Å². The Balaban J connectivity index is 1.89. The number of Topliss-reactive ketones (excluding diaryl/α,β-unsaturated/α-hetero) is 1. The summed E-state index contributed by atoms with van der Waals surface area (Å²) >= 11 is 0. The summed E-state index contributed by atoms with van der Waals surface area (Å²) in [4.78, 5) is 35.3. The summed E-state index contributed by atoms with van der Waals surface area (Å²) in [6.45, 7) is 6.07. The molecule has 1 aromatic rings. The first kappa shape index (κ1) is 16.2. The molecule has 0 radical (unpaired) electrons. The van der Waals surface area contributed by atoms with E-state index in [4.69, 9.17) is 0 Å². The lowest BCUT2D eigenvalue weighted by atomic mass is 9.86. The molecule has 0 bridgehead atoms. The molecule has 5 nitrogen and oxygen atoms in total. The van der Waals surface area contributed by atoms with E-state index in [9.17, 15) is 14.4 Å². The van der Waals surface area contributed by atoms with Crippen LogP contribution < -0.4 is 10.6 Å². The fourth-order valence-corrected chi connectivity index (χ4v) is 2.00. The second-order valence-electron chi connectivity index (χ2n) is 6.68. The lowest BCUT2D eigenvalue weighted by Crippen LogP contribution is -2.40. The van der Waals surface area contributed by atoms with Gasteiger partial charge in [-0.1, -0.05) is 45.0 Å². The molecule has 0 aromatic heterocycles. The van der Waals surface area contributed by atoms with Gasteiger partial charge in [0.15, 0.2) is 0 Å². The van der Waals surface area contributed by atoms with Gasteiger partial charge in [0.25, 0.3) is 5.91 Å². The summed E-state index contributed by atoms with van der Waals surface area (Å²) in [5.41, 5.74) is 1.41. The third-order valence-corrected chi connectivity index (χ3v) is 3.57. The van der Waals surface area contributed by atoms with Crippen LogP contribution in [0.3, 0.4) is 0 Å². The molecule has 2 N–H and O–H groups in total. The molecule has 1 aliphatic carbocycles. The smallest absolute Gasteiger partial charge is 0.292 e. The molecule has 2 rings (SSSR count). The van der Waals surface area contributed by atoms with Crippen molar-refractivity contribution in [2.75, 3.05) is 6.54 Å². The molecular formula is C17H22N2O3. The van der Waals surface area contributed by atoms with Crippen LogP contribution in [-0.4, -0.2) is 30.2 Å². The van der Waals surface area contributed by atoms with E-state index >= 15 is 0 Å². The van der Waals surface area contributed by atoms with Gasteiger partial charge in [-0.3, -0.25) is 14.4 Å². The van der Waals surface area contributed by atoms with E-state index in [0.29, 0.717) is 5.56 Å². The molecule has 22 heavy (non-hydrogen) atoms. The number of rotatable bonds is 5. The fraction of sp³-hybridized carbons (Fsp3) is 0.471. The molecule has 1 aliphatic rings. The monoisotopic (exact) mass is 302 g/mol. The minimum Gasteiger partial charge on any atom is -0.352 e. The first-order chi connectivity index (χ1) is 10.3. The molecule has 5 heteroatoms. The van der Waals surface area contributed by atoms with Gasteiger partial charge in [-0.05, 0) is 23.8 Å².